The lowest BCUT2D eigenvalue weighted by molar-refractivity contribution is 0.0697. The van der Waals surface area contributed by atoms with E-state index in [1.165, 1.54) is 50.5 Å². The molecular formula is C18H26O2. The van der Waals surface area contributed by atoms with Crippen LogP contribution in [0.5, 0.6) is 0 Å². The molecule has 0 aromatic heterocycles. The average molecular weight is 274 g/mol. The van der Waals surface area contributed by atoms with Crippen LogP contribution in [-0.4, -0.2) is 11.1 Å². The molecule has 1 rings (SSSR count). The van der Waals surface area contributed by atoms with E-state index in [0.717, 1.165) is 12.8 Å². The Morgan fingerprint density at radius 2 is 1.50 bits per heavy atom. The van der Waals surface area contributed by atoms with Gasteiger partial charge in [0, 0.05) is 0 Å². The number of hydrogen-bond acceptors (Lipinski definition) is 1. The second-order valence-electron chi connectivity index (χ2n) is 5.30. The third-order valence-electron chi connectivity index (χ3n) is 3.57. The van der Waals surface area contributed by atoms with Crippen molar-refractivity contribution in [2.45, 2.75) is 57.8 Å². The molecule has 110 valence electrons. The molecule has 0 saturated heterocycles. The minimum atomic E-state index is -0.854. The Kier molecular flexibility index (Phi) is 8.44. The van der Waals surface area contributed by atoms with Crippen molar-refractivity contribution in [1.29, 1.82) is 0 Å². The minimum absolute atomic E-state index is 0.369. The molecule has 2 nitrogen and oxygen atoms in total. The van der Waals surface area contributed by atoms with Crippen LogP contribution in [0.1, 0.15) is 67.3 Å². The molecule has 0 unspecified atom stereocenters. The number of benzene rings is 1. The molecule has 0 bridgehead atoms. The highest BCUT2D eigenvalue weighted by molar-refractivity contribution is 5.87. The molecule has 0 spiro atoms. The van der Waals surface area contributed by atoms with Crippen LogP contribution in [0.4, 0.5) is 0 Å². The van der Waals surface area contributed by atoms with Gasteiger partial charge in [-0.1, -0.05) is 50.3 Å². The van der Waals surface area contributed by atoms with E-state index in [0.29, 0.717) is 5.56 Å². The second kappa shape index (κ2) is 10.2. The maximum absolute atomic E-state index is 10.7. The fourth-order valence-corrected chi connectivity index (χ4v) is 2.32. The largest absolute Gasteiger partial charge is 0.478 e. The molecule has 0 aliphatic rings. The van der Waals surface area contributed by atoms with Crippen molar-refractivity contribution in [3.8, 4) is 0 Å². The summed E-state index contributed by atoms with van der Waals surface area (Å²) in [6.07, 6.45) is 13.2. The van der Waals surface area contributed by atoms with Gasteiger partial charge in [-0.3, -0.25) is 0 Å². The molecule has 1 N–H and O–H groups in total. The van der Waals surface area contributed by atoms with Gasteiger partial charge < -0.3 is 5.11 Å². The number of unbranched alkanes of at least 4 members (excludes halogenated alkanes) is 7. The maximum atomic E-state index is 10.7. The summed E-state index contributed by atoms with van der Waals surface area (Å²) >= 11 is 0. The molecule has 20 heavy (non-hydrogen) atoms. The Morgan fingerprint density at radius 3 is 2.05 bits per heavy atom. The van der Waals surface area contributed by atoms with E-state index in [9.17, 15) is 4.79 Å². The Hall–Kier alpha value is -1.57. The minimum Gasteiger partial charge on any atom is -0.478 e. The third kappa shape index (κ3) is 7.13. The van der Waals surface area contributed by atoms with Crippen molar-refractivity contribution in [1.82, 2.24) is 0 Å². The van der Waals surface area contributed by atoms with Crippen LogP contribution in [0.3, 0.4) is 0 Å². The van der Waals surface area contributed by atoms with E-state index in [4.69, 9.17) is 5.11 Å². The van der Waals surface area contributed by atoms with E-state index >= 15 is 0 Å². The fourth-order valence-electron chi connectivity index (χ4n) is 2.32. The zero-order valence-electron chi connectivity index (χ0n) is 12.3. The van der Waals surface area contributed by atoms with Gasteiger partial charge >= 0.3 is 5.97 Å². The van der Waals surface area contributed by atoms with Crippen LogP contribution in [0.15, 0.2) is 36.9 Å². The van der Waals surface area contributed by atoms with E-state index < -0.39 is 5.97 Å². The van der Waals surface area contributed by atoms with Crippen LogP contribution >= 0.6 is 0 Å². The van der Waals surface area contributed by atoms with Crippen LogP contribution in [0.2, 0.25) is 0 Å². The highest BCUT2D eigenvalue weighted by Crippen LogP contribution is 2.12. The molecule has 0 radical (unpaired) electrons. The summed E-state index contributed by atoms with van der Waals surface area (Å²) in [5, 5.41) is 8.82. The summed E-state index contributed by atoms with van der Waals surface area (Å²) in [6.45, 7) is 3.73. The number of aryl methyl sites for hydroxylation is 1. The second-order valence-corrected chi connectivity index (χ2v) is 5.30. The predicted molar refractivity (Wildman–Crippen MR) is 84.2 cm³/mol. The third-order valence-corrected chi connectivity index (χ3v) is 3.57. The average Bonchev–Trinajstić information content (AvgIpc) is 2.46. The van der Waals surface area contributed by atoms with E-state index in [2.05, 4.69) is 6.58 Å². The molecule has 1 aromatic rings. The van der Waals surface area contributed by atoms with Gasteiger partial charge in [-0.2, -0.15) is 0 Å². The summed E-state index contributed by atoms with van der Waals surface area (Å²) < 4.78 is 0. The molecule has 0 aliphatic carbocycles. The SMILES string of the molecule is C=CCCCCCCCCCc1ccc(C(=O)O)cc1. The molecule has 0 amide bonds. The molecular weight excluding hydrogens is 248 g/mol. The number of hydrogen-bond donors (Lipinski definition) is 1. The van der Waals surface area contributed by atoms with Gasteiger partial charge in [-0.15, -0.1) is 6.58 Å². The summed E-state index contributed by atoms with van der Waals surface area (Å²) in [6, 6.07) is 7.24. The fraction of sp³-hybridized carbons (Fsp3) is 0.500. The van der Waals surface area contributed by atoms with Crippen LogP contribution in [0, 0.1) is 0 Å². The summed E-state index contributed by atoms with van der Waals surface area (Å²) in [4.78, 5) is 10.7. The lowest BCUT2D eigenvalue weighted by Gasteiger charge is -2.03. The molecule has 0 fully saturated rings. The lowest BCUT2D eigenvalue weighted by atomic mass is 10.0. The van der Waals surface area contributed by atoms with Gasteiger partial charge in [0.1, 0.15) is 0 Å². The van der Waals surface area contributed by atoms with Crippen molar-refractivity contribution < 1.29 is 9.90 Å². The van der Waals surface area contributed by atoms with Gasteiger partial charge in [0.15, 0.2) is 0 Å². The van der Waals surface area contributed by atoms with Crippen LogP contribution in [0.25, 0.3) is 0 Å². The Balaban J connectivity index is 2.03. The van der Waals surface area contributed by atoms with Gasteiger partial charge in [-0.05, 0) is 43.4 Å². The normalized spacial score (nSPS) is 10.4. The monoisotopic (exact) mass is 274 g/mol. The molecule has 0 heterocycles. The number of rotatable bonds is 11. The highest BCUT2D eigenvalue weighted by atomic mass is 16.4. The summed E-state index contributed by atoms with van der Waals surface area (Å²) in [7, 11) is 0. The molecule has 0 atom stereocenters. The van der Waals surface area contributed by atoms with Gasteiger partial charge in [0.05, 0.1) is 5.56 Å². The van der Waals surface area contributed by atoms with Crippen molar-refractivity contribution in [2.75, 3.05) is 0 Å². The van der Waals surface area contributed by atoms with Crippen molar-refractivity contribution in [2.24, 2.45) is 0 Å². The van der Waals surface area contributed by atoms with Crippen molar-refractivity contribution in [3.63, 3.8) is 0 Å². The van der Waals surface area contributed by atoms with Crippen molar-refractivity contribution >= 4 is 5.97 Å². The smallest absolute Gasteiger partial charge is 0.335 e. The Morgan fingerprint density at radius 1 is 0.950 bits per heavy atom. The molecule has 2 heteroatoms. The zero-order valence-corrected chi connectivity index (χ0v) is 12.3. The Bertz CT molecular complexity index is 392. The standard InChI is InChI=1S/C18H26O2/c1-2-3-4-5-6-7-8-9-10-11-16-12-14-17(15-13-16)18(19)20/h2,12-15H,1,3-11H2,(H,19,20). The van der Waals surface area contributed by atoms with Crippen LogP contribution in [-0.2, 0) is 6.42 Å². The number of carbonyl (C=O) groups is 1. The first kappa shape index (κ1) is 16.5. The highest BCUT2D eigenvalue weighted by Gasteiger charge is 2.01. The van der Waals surface area contributed by atoms with Gasteiger partial charge in [0.2, 0.25) is 0 Å². The van der Waals surface area contributed by atoms with E-state index in [1.807, 2.05) is 18.2 Å². The topological polar surface area (TPSA) is 37.3 Å². The number of aromatic carboxylic acids is 1. The van der Waals surface area contributed by atoms with Gasteiger partial charge in [-0.25, -0.2) is 4.79 Å². The molecule has 0 saturated carbocycles. The number of carboxylic acid groups (broad SMARTS) is 1. The number of allylic oxidation sites excluding steroid dienone is 1. The zero-order chi connectivity index (χ0) is 14.6. The first-order valence-corrected chi connectivity index (χ1v) is 7.67. The van der Waals surface area contributed by atoms with Crippen molar-refractivity contribution in [3.05, 3.63) is 48.0 Å². The molecule has 1 aromatic carbocycles. The summed E-state index contributed by atoms with van der Waals surface area (Å²) in [5.74, 6) is -0.854. The summed E-state index contributed by atoms with van der Waals surface area (Å²) in [5.41, 5.74) is 1.61. The lowest BCUT2D eigenvalue weighted by Crippen LogP contribution is -1.96. The first-order chi connectivity index (χ1) is 9.74. The predicted octanol–water partition coefficient (Wildman–Crippen LogP) is 5.23. The van der Waals surface area contributed by atoms with E-state index in [1.54, 1.807) is 12.1 Å². The van der Waals surface area contributed by atoms with Crippen LogP contribution < -0.4 is 0 Å². The van der Waals surface area contributed by atoms with E-state index in [-0.39, 0.29) is 0 Å². The maximum Gasteiger partial charge on any atom is 0.335 e. The first-order valence-electron chi connectivity index (χ1n) is 7.67. The Labute approximate surface area is 122 Å². The van der Waals surface area contributed by atoms with Gasteiger partial charge in [0.25, 0.3) is 0 Å². The number of carboxylic acids is 1. The molecule has 0 aliphatic heterocycles. The quantitative estimate of drug-likeness (QED) is 0.443.